The van der Waals surface area contributed by atoms with Crippen LogP contribution < -0.4 is 0 Å². The fourth-order valence-corrected chi connectivity index (χ4v) is 5.69. The topological polar surface area (TPSA) is 26.3 Å². The summed E-state index contributed by atoms with van der Waals surface area (Å²) in [6.45, 7) is 0. The van der Waals surface area contributed by atoms with E-state index in [9.17, 15) is 6.85 Å². The predicted molar refractivity (Wildman–Crippen MR) is 167 cm³/mol. The van der Waals surface area contributed by atoms with E-state index in [1.165, 1.54) is 6.26 Å². The van der Waals surface area contributed by atoms with Gasteiger partial charge in [0.05, 0.1) is 26.8 Å². The molecule has 2 nitrogen and oxygen atoms in total. The van der Waals surface area contributed by atoms with Crippen LogP contribution >= 0.6 is 0 Å². The average molecular weight is 526 g/mol. The number of furan rings is 2. The monoisotopic (exact) mass is 525 g/mol. The molecule has 0 aliphatic rings. The van der Waals surface area contributed by atoms with Gasteiger partial charge in [-0.2, -0.15) is 0 Å². The van der Waals surface area contributed by atoms with Gasteiger partial charge in [-0.15, -0.1) is 0 Å². The van der Waals surface area contributed by atoms with E-state index in [2.05, 4.69) is 0 Å². The largest absolute Gasteiger partial charge is 0.464 e. The molecule has 0 aliphatic carbocycles. The van der Waals surface area contributed by atoms with E-state index in [1.54, 1.807) is 24.3 Å². The third-order valence-electron chi connectivity index (χ3n) is 7.28. The van der Waals surface area contributed by atoms with Crippen molar-refractivity contribution in [3.05, 3.63) is 133 Å². The highest BCUT2D eigenvalue weighted by atomic mass is 16.3. The summed E-state index contributed by atoms with van der Waals surface area (Å²) in [6, 6.07) is 0.000689. The Kier molecular flexibility index (Phi) is 2.39. The SMILES string of the molecule is [2H]c1c([2H])c([2H])c2c(-c3c4c([2H])c([2H])c([2H])c([2H])c4c(-c4cc5oc6ccccc6c5c5ccoc45)c4c([2H])c([2H])c([2H])c([2H])c34)c([2H])c([2H])c([2H])c2c1[2H]. The van der Waals surface area contributed by atoms with Crippen LogP contribution in [0.25, 0.3) is 87.5 Å². The molecule has 9 rings (SSSR count). The van der Waals surface area contributed by atoms with Crippen molar-refractivity contribution in [3.63, 3.8) is 0 Å². The molecule has 2 heteroatoms. The van der Waals surface area contributed by atoms with Gasteiger partial charge >= 0.3 is 0 Å². The molecular formula is C38H22O2. The summed E-state index contributed by atoms with van der Waals surface area (Å²) in [5.74, 6) is 0. The molecule has 0 saturated carbocycles. The van der Waals surface area contributed by atoms with Crippen LogP contribution in [0.3, 0.4) is 0 Å². The van der Waals surface area contributed by atoms with Crippen LogP contribution in [0.5, 0.6) is 0 Å². The van der Waals surface area contributed by atoms with Crippen molar-refractivity contribution in [2.75, 3.05) is 0 Å². The fraction of sp³-hybridized carbons (Fsp3) is 0. The van der Waals surface area contributed by atoms with E-state index < -0.39 is 107 Å². The number of rotatable bonds is 2. The van der Waals surface area contributed by atoms with Crippen molar-refractivity contribution < 1.29 is 29.4 Å². The third-order valence-corrected chi connectivity index (χ3v) is 7.28. The van der Waals surface area contributed by atoms with E-state index in [1.807, 2.05) is 12.1 Å². The predicted octanol–water partition coefficient (Wildman–Crippen LogP) is 11.1. The maximum atomic E-state index is 9.35. The van der Waals surface area contributed by atoms with E-state index in [0.717, 1.165) is 5.39 Å². The van der Waals surface area contributed by atoms with Crippen LogP contribution in [0.15, 0.2) is 142 Å². The second-order valence-electron chi connectivity index (χ2n) is 9.31. The minimum Gasteiger partial charge on any atom is -0.464 e. The first-order valence-electron chi connectivity index (χ1n) is 19.9. The lowest BCUT2D eigenvalue weighted by Crippen LogP contribution is -1.92. The van der Waals surface area contributed by atoms with E-state index in [4.69, 9.17) is 22.5 Å². The van der Waals surface area contributed by atoms with Gasteiger partial charge in [0.1, 0.15) is 16.7 Å². The van der Waals surface area contributed by atoms with Crippen molar-refractivity contribution in [2.24, 2.45) is 0 Å². The molecule has 0 N–H and O–H groups in total. The number of fused-ring (bicyclic) bond motifs is 8. The van der Waals surface area contributed by atoms with Crippen LogP contribution in [-0.2, 0) is 0 Å². The molecule has 2 aromatic heterocycles. The highest BCUT2D eigenvalue weighted by molar-refractivity contribution is 6.28. The third kappa shape index (κ3) is 2.88. The van der Waals surface area contributed by atoms with Crippen LogP contribution in [0.4, 0.5) is 0 Å². The summed E-state index contributed by atoms with van der Waals surface area (Å²) >= 11 is 0. The lowest BCUT2D eigenvalue weighted by Gasteiger charge is -2.19. The van der Waals surface area contributed by atoms with E-state index >= 15 is 0 Å². The Labute approximate surface area is 250 Å². The van der Waals surface area contributed by atoms with Gasteiger partial charge in [-0.3, -0.25) is 0 Å². The molecule has 186 valence electrons. The molecule has 0 bridgehead atoms. The van der Waals surface area contributed by atoms with Crippen molar-refractivity contribution >= 4 is 65.2 Å². The molecule has 0 aliphatic heterocycles. The first-order chi connectivity index (χ1) is 26.1. The summed E-state index contributed by atoms with van der Waals surface area (Å²) in [4.78, 5) is 0. The normalized spacial score (nSPS) is 17.2. The zero-order valence-electron chi connectivity index (χ0n) is 35.4. The minimum atomic E-state index is -0.771. The minimum absolute atomic E-state index is 0.0731. The summed E-state index contributed by atoms with van der Waals surface area (Å²) in [5.41, 5.74) is 0.325. The summed E-state index contributed by atoms with van der Waals surface area (Å²) in [6.07, 6.45) is 1.42. The first kappa shape index (κ1) is 11.8. The molecule has 40 heavy (non-hydrogen) atoms. The van der Waals surface area contributed by atoms with Gasteiger partial charge in [0.15, 0.2) is 0 Å². The summed E-state index contributed by atoms with van der Waals surface area (Å²) < 4.78 is 146. The lowest BCUT2D eigenvalue weighted by molar-refractivity contribution is 0.616. The Morgan fingerprint density at radius 2 is 1.12 bits per heavy atom. The molecular weight excluding hydrogens is 488 g/mol. The Hall–Kier alpha value is -5.34. The van der Waals surface area contributed by atoms with Gasteiger partial charge in [0.25, 0.3) is 0 Å². The number of hydrogen-bond donors (Lipinski definition) is 0. The smallest absolute Gasteiger partial charge is 0.142 e. The molecule has 9 aromatic rings. The Bertz CT molecular complexity index is 3180. The molecule has 2 heterocycles. The molecule has 0 saturated heterocycles. The maximum absolute atomic E-state index is 9.35. The molecule has 0 fully saturated rings. The van der Waals surface area contributed by atoms with Gasteiger partial charge in [0.2, 0.25) is 0 Å². The number of para-hydroxylation sites is 1. The molecule has 0 spiro atoms. The number of benzene rings is 7. The van der Waals surface area contributed by atoms with Crippen LogP contribution in [-0.4, -0.2) is 0 Å². The van der Waals surface area contributed by atoms with Crippen LogP contribution in [0.2, 0.25) is 0 Å². The second kappa shape index (κ2) is 8.08. The Balaban J connectivity index is 1.66. The van der Waals surface area contributed by atoms with Crippen molar-refractivity contribution in [2.45, 2.75) is 0 Å². The highest BCUT2D eigenvalue weighted by Gasteiger charge is 2.22. The van der Waals surface area contributed by atoms with E-state index in [0.29, 0.717) is 21.9 Å². The molecule has 0 amide bonds. The molecule has 7 aromatic carbocycles. The van der Waals surface area contributed by atoms with Crippen LogP contribution in [0, 0.1) is 0 Å². The zero-order valence-corrected chi connectivity index (χ0v) is 20.4. The second-order valence-corrected chi connectivity index (χ2v) is 9.31. The van der Waals surface area contributed by atoms with Crippen molar-refractivity contribution in [1.29, 1.82) is 0 Å². The van der Waals surface area contributed by atoms with Gasteiger partial charge in [0, 0.05) is 27.3 Å². The average Bonchev–Trinajstić information content (AvgIpc) is 3.81. The highest BCUT2D eigenvalue weighted by Crippen LogP contribution is 2.48. The molecule has 0 atom stereocenters. The molecule has 0 radical (unpaired) electrons. The summed E-state index contributed by atoms with van der Waals surface area (Å²) in [7, 11) is 0. The zero-order chi connectivity index (χ0) is 39.3. The fourth-order valence-electron chi connectivity index (χ4n) is 5.69. The van der Waals surface area contributed by atoms with Gasteiger partial charge in [-0.05, 0) is 61.6 Å². The van der Waals surface area contributed by atoms with Crippen LogP contribution in [0.1, 0.15) is 20.6 Å². The number of hydrogen-bond acceptors (Lipinski definition) is 2. The van der Waals surface area contributed by atoms with E-state index in [-0.39, 0.29) is 43.8 Å². The first-order valence-corrected chi connectivity index (χ1v) is 12.4. The quantitative estimate of drug-likeness (QED) is 0.210. The summed E-state index contributed by atoms with van der Waals surface area (Å²) in [5, 5.41) is -0.0775. The van der Waals surface area contributed by atoms with Gasteiger partial charge in [-0.1, -0.05) is 109 Å². The van der Waals surface area contributed by atoms with Crippen molar-refractivity contribution in [1.82, 2.24) is 0 Å². The van der Waals surface area contributed by atoms with Gasteiger partial charge < -0.3 is 8.83 Å². The van der Waals surface area contributed by atoms with Gasteiger partial charge in [-0.25, -0.2) is 0 Å². The van der Waals surface area contributed by atoms with Crippen molar-refractivity contribution in [3.8, 4) is 22.3 Å². The molecule has 0 unspecified atom stereocenters. The Morgan fingerprint density at radius 3 is 1.88 bits per heavy atom. The maximum Gasteiger partial charge on any atom is 0.142 e. The lowest BCUT2D eigenvalue weighted by atomic mass is 9.84. The standard InChI is InChI=1S/C38H22O2/c1-2-12-24-23(10-1)11-9-18-25(24)35-26-13-3-5-15-28(26)36(29-16-6-4-14-27(29)35)32-22-34-37(31-20-21-39-38(31)32)30-17-7-8-19-33(30)40-34/h1-22H/i1D,2D,3D,4D,5D,6D,9D,10D,11D,12D,13D,14D,15D,16D,18D. The Morgan fingerprint density at radius 1 is 0.500 bits per heavy atom.